The van der Waals surface area contributed by atoms with Crippen LogP contribution in [-0.2, 0) is 13.0 Å². The Bertz CT molecular complexity index is 690. The fourth-order valence-electron chi connectivity index (χ4n) is 2.34. The topological polar surface area (TPSA) is 25.2 Å². The van der Waals surface area contributed by atoms with Gasteiger partial charge >= 0.3 is 0 Å². The highest BCUT2D eigenvalue weighted by Crippen LogP contribution is 2.29. The van der Waals surface area contributed by atoms with Crippen molar-refractivity contribution in [2.75, 3.05) is 0 Å². The molecule has 0 amide bonds. The van der Waals surface area contributed by atoms with Crippen molar-refractivity contribution in [2.45, 2.75) is 25.9 Å². The van der Waals surface area contributed by atoms with Crippen LogP contribution in [0, 0.1) is 0 Å². The first-order chi connectivity index (χ1) is 9.74. The van der Waals surface area contributed by atoms with Gasteiger partial charge in [-0.1, -0.05) is 18.2 Å². The summed E-state index contributed by atoms with van der Waals surface area (Å²) in [6.07, 6.45) is 1.02. The van der Waals surface area contributed by atoms with Crippen molar-refractivity contribution >= 4 is 33.9 Å². The molecule has 0 saturated carbocycles. The zero-order chi connectivity index (χ0) is 13.9. The van der Waals surface area contributed by atoms with E-state index in [2.05, 4.69) is 29.1 Å². The molecule has 0 aliphatic heterocycles. The Hall–Kier alpha value is -1.29. The molecule has 0 fully saturated rings. The van der Waals surface area contributed by atoms with Gasteiger partial charge in [-0.3, -0.25) is 0 Å². The Morgan fingerprint density at radius 1 is 1.30 bits per heavy atom. The van der Waals surface area contributed by atoms with Crippen molar-refractivity contribution < 1.29 is 4.42 Å². The fraction of sp³-hybridized carbons (Fsp3) is 0.250. The van der Waals surface area contributed by atoms with E-state index in [1.54, 1.807) is 11.3 Å². The van der Waals surface area contributed by atoms with E-state index >= 15 is 0 Å². The zero-order valence-corrected chi connectivity index (χ0v) is 12.8. The molecule has 4 heteroatoms. The predicted octanol–water partition coefficient (Wildman–Crippen LogP) is 4.87. The monoisotopic (exact) mass is 305 g/mol. The van der Waals surface area contributed by atoms with Crippen LogP contribution in [0.3, 0.4) is 0 Å². The second-order valence-corrected chi connectivity index (χ2v) is 6.09. The molecular weight excluding hydrogens is 290 g/mol. The Morgan fingerprint density at radius 2 is 2.15 bits per heavy atom. The first kappa shape index (κ1) is 13.7. The van der Waals surface area contributed by atoms with E-state index in [1.165, 1.54) is 5.56 Å². The van der Waals surface area contributed by atoms with Crippen molar-refractivity contribution in [3.63, 3.8) is 0 Å². The van der Waals surface area contributed by atoms with Crippen LogP contribution in [0.5, 0.6) is 0 Å². The summed E-state index contributed by atoms with van der Waals surface area (Å²) in [5.74, 6) is 0. The highest BCUT2D eigenvalue weighted by atomic mass is 35.5. The highest BCUT2D eigenvalue weighted by molar-refractivity contribution is 7.07. The number of nitrogens with one attached hydrogen (secondary N) is 1. The van der Waals surface area contributed by atoms with Gasteiger partial charge in [0.05, 0.1) is 0 Å². The average molecular weight is 306 g/mol. The number of hydrogen-bond donors (Lipinski definition) is 1. The quantitative estimate of drug-likeness (QED) is 0.727. The molecule has 0 saturated heterocycles. The van der Waals surface area contributed by atoms with Crippen molar-refractivity contribution in [1.82, 2.24) is 5.32 Å². The third-order valence-corrected chi connectivity index (χ3v) is 4.44. The first-order valence-corrected chi connectivity index (χ1v) is 7.96. The van der Waals surface area contributed by atoms with Gasteiger partial charge in [0.15, 0.2) is 5.22 Å². The van der Waals surface area contributed by atoms with Crippen LogP contribution in [0.2, 0.25) is 5.22 Å². The number of fused-ring (bicyclic) bond motifs is 1. The summed E-state index contributed by atoms with van der Waals surface area (Å²) >= 11 is 7.93. The molecule has 2 aromatic heterocycles. The van der Waals surface area contributed by atoms with E-state index in [0.717, 1.165) is 29.5 Å². The second kappa shape index (κ2) is 6.00. The third kappa shape index (κ3) is 2.90. The van der Waals surface area contributed by atoms with Crippen molar-refractivity contribution in [1.29, 1.82) is 0 Å². The number of furan rings is 1. The number of para-hydroxylation sites is 1. The number of benzene rings is 1. The van der Waals surface area contributed by atoms with E-state index < -0.39 is 0 Å². The van der Waals surface area contributed by atoms with Crippen LogP contribution < -0.4 is 5.32 Å². The normalized spacial score (nSPS) is 12.9. The molecule has 2 heterocycles. The van der Waals surface area contributed by atoms with Gasteiger partial charge in [-0.15, -0.1) is 0 Å². The minimum absolute atomic E-state index is 0.398. The van der Waals surface area contributed by atoms with Crippen LogP contribution in [0.1, 0.15) is 18.1 Å². The Kier molecular flexibility index (Phi) is 4.10. The lowest BCUT2D eigenvalue weighted by molar-refractivity contribution is 0.540. The standard InChI is InChI=1S/C16H16ClNOS/c1-11(8-12-6-7-20-10-12)18-9-14-13-4-2-3-5-15(13)19-16(14)17/h2-7,10-11,18H,8-9H2,1H3. The predicted molar refractivity (Wildman–Crippen MR) is 85.5 cm³/mol. The van der Waals surface area contributed by atoms with Crippen LogP contribution >= 0.6 is 22.9 Å². The van der Waals surface area contributed by atoms with Crippen LogP contribution in [-0.4, -0.2) is 6.04 Å². The van der Waals surface area contributed by atoms with E-state index in [-0.39, 0.29) is 0 Å². The molecule has 1 aromatic carbocycles. The third-order valence-electron chi connectivity index (χ3n) is 3.40. The van der Waals surface area contributed by atoms with Crippen molar-refractivity contribution in [2.24, 2.45) is 0 Å². The minimum Gasteiger partial charge on any atom is -0.444 e. The highest BCUT2D eigenvalue weighted by Gasteiger charge is 2.13. The zero-order valence-electron chi connectivity index (χ0n) is 11.2. The molecule has 2 nitrogen and oxygen atoms in total. The van der Waals surface area contributed by atoms with Crippen LogP contribution in [0.4, 0.5) is 0 Å². The summed E-state index contributed by atoms with van der Waals surface area (Å²) in [4.78, 5) is 0. The van der Waals surface area contributed by atoms with Gasteiger partial charge in [0, 0.05) is 23.5 Å². The SMILES string of the molecule is CC(Cc1ccsc1)NCc1c(Cl)oc2ccccc12. The molecule has 0 spiro atoms. The maximum atomic E-state index is 6.19. The number of hydrogen-bond acceptors (Lipinski definition) is 3. The lowest BCUT2D eigenvalue weighted by Crippen LogP contribution is -2.27. The van der Waals surface area contributed by atoms with E-state index in [1.807, 2.05) is 24.3 Å². The number of halogens is 1. The molecule has 0 aliphatic carbocycles. The first-order valence-electron chi connectivity index (χ1n) is 6.64. The lowest BCUT2D eigenvalue weighted by atomic mass is 10.1. The van der Waals surface area contributed by atoms with E-state index in [4.69, 9.17) is 16.0 Å². The molecule has 1 atom stereocenters. The van der Waals surface area contributed by atoms with Crippen LogP contribution in [0.15, 0.2) is 45.5 Å². The van der Waals surface area contributed by atoms with Gasteiger partial charge in [0.2, 0.25) is 0 Å². The van der Waals surface area contributed by atoms with Crippen molar-refractivity contribution in [3.8, 4) is 0 Å². The average Bonchev–Trinajstić information content (AvgIpc) is 3.03. The molecule has 20 heavy (non-hydrogen) atoms. The second-order valence-electron chi connectivity index (χ2n) is 4.97. The van der Waals surface area contributed by atoms with Gasteiger partial charge in [-0.25, -0.2) is 0 Å². The van der Waals surface area contributed by atoms with E-state index in [0.29, 0.717) is 11.3 Å². The molecular formula is C16H16ClNOS. The molecule has 3 aromatic rings. The summed E-state index contributed by atoms with van der Waals surface area (Å²) in [5.41, 5.74) is 3.26. The van der Waals surface area contributed by atoms with Gasteiger partial charge < -0.3 is 9.73 Å². The molecule has 1 N–H and O–H groups in total. The fourth-order valence-corrected chi connectivity index (χ4v) is 3.28. The molecule has 0 aliphatic rings. The summed E-state index contributed by atoms with van der Waals surface area (Å²) < 4.78 is 5.56. The maximum Gasteiger partial charge on any atom is 0.199 e. The minimum atomic E-state index is 0.398. The Balaban J connectivity index is 1.69. The van der Waals surface area contributed by atoms with Crippen LogP contribution in [0.25, 0.3) is 11.0 Å². The molecule has 1 unspecified atom stereocenters. The summed E-state index contributed by atoms with van der Waals surface area (Å²) in [6.45, 7) is 2.91. The van der Waals surface area contributed by atoms with Gasteiger partial charge in [-0.2, -0.15) is 11.3 Å². The number of thiophene rings is 1. The molecule has 104 valence electrons. The van der Waals surface area contributed by atoms with E-state index in [9.17, 15) is 0 Å². The molecule has 0 radical (unpaired) electrons. The molecule has 3 rings (SSSR count). The van der Waals surface area contributed by atoms with Gasteiger partial charge in [0.1, 0.15) is 5.58 Å². The maximum absolute atomic E-state index is 6.19. The van der Waals surface area contributed by atoms with Crippen molar-refractivity contribution in [3.05, 3.63) is 57.4 Å². The van der Waals surface area contributed by atoms with Gasteiger partial charge in [0.25, 0.3) is 0 Å². The summed E-state index contributed by atoms with van der Waals surface area (Å²) in [7, 11) is 0. The largest absolute Gasteiger partial charge is 0.444 e. The summed E-state index contributed by atoms with van der Waals surface area (Å²) in [5, 5.41) is 9.40. The smallest absolute Gasteiger partial charge is 0.199 e. The number of rotatable bonds is 5. The Morgan fingerprint density at radius 3 is 2.95 bits per heavy atom. The lowest BCUT2D eigenvalue weighted by Gasteiger charge is -2.12. The summed E-state index contributed by atoms with van der Waals surface area (Å²) in [6, 6.07) is 10.5. The molecule has 0 bridgehead atoms. The Labute approximate surface area is 127 Å². The van der Waals surface area contributed by atoms with Gasteiger partial charge in [-0.05, 0) is 53.4 Å².